The van der Waals surface area contributed by atoms with Crippen molar-refractivity contribution in [3.63, 3.8) is 0 Å². The maximum Gasteiger partial charge on any atom is 0.387 e. The molecule has 0 spiro atoms. The quantitative estimate of drug-likeness (QED) is 0.184. The van der Waals surface area contributed by atoms with Crippen LogP contribution in [0.25, 0.3) is 0 Å². The third-order valence-corrected chi connectivity index (χ3v) is 11.7. The summed E-state index contributed by atoms with van der Waals surface area (Å²) in [7, 11) is 0.500. The van der Waals surface area contributed by atoms with Gasteiger partial charge in [-0.15, -0.1) is 34.9 Å². The number of aromatic amines is 1. The number of rotatable bonds is 6. The molecule has 8 rings (SSSR count). The summed E-state index contributed by atoms with van der Waals surface area (Å²) in [5, 5.41) is 2.44. The van der Waals surface area contributed by atoms with E-state index in [2.05, 4.69) is 78.0 Å². The molecule has 2 aliphatic rings. The van der Waals surface area contributed by atoms with Crippen LogP contribution in [0.5, 0.6) is 5.75 Å². The summed E-state index contributed by atoms with van der Waals surface area (Å²) < 4.78 is 39.9. The Labute approximate surface area is 322 Å². The average Bonchev–Trinajstić information content (AvgIpc) is 3.87. The Balaban J connectivity index is 0.000000188. The fraction of sp³-hybridized carbons (Fsp3) is 0.209. The van der Waals surface area contributed by atoms with Crippen LogP contribution in [0.3, 0.4) is 0 Å². The molecule has 4 heterocycles. The van der Waals surface area contributed by atoms with Gasteiger partial charge in [0.15, 0.2) is 0 Å². The van der Waals surface area contributed by atoms with Gasteiger partial charge in [-0.25, -0.2) is 0 Å². The van der Waals surface area contributed by atoms with Crippen molar-refractivity contribution in [2.75, 3.05) is 7.18 Å². The molecule has 0 amide bonds. The number of aliphatic imine (C=N–C) groups is 2. The largest absolute Gasteiger partial charge is 0.435 e. The van der Waals surface area contributed by atoms with E-state index in [1.807, 2.05) is 80.3 Å². The molecule has 53 heavy (non-hydrogen) atoms. The molecule has 2 aliphatic heterocycles. The molecule has 10 heteroatoms. The topological polar surface area (TPSA) is 49.7 Å². The first kappa shape index (κ1) is 39.7. The number of alkyl halides is 3. The third-order valence-electron chi connectivity index (χ3n) is 8.18. The minimum Gasteiger partial charge on any atom is -0.435 e. The van der Waals surface area contributed by atoms with Gasteiger partial charge in [0, 0.05) is 49.8 Å². The lowest BCUT2D eigenvalue weighted by Crippen LogP contribution is -2.09. The lowest BCUT2D eigenvalue weighted by molar-refractivity contribution is -0.0504. The lowest BCUT2D eigenvalue weighted by Gasteiger charge is -2.19. The molecule has 2 atom stereocenters. The van der Waals surface area contributed by atoms with Gasteiger partial charge in [0.2, 0.25) is 0 Å². The molecule has 0 saturated heterocycles. The predicted octanol–water partition coefficient (Wildman–Crippen LogP) is 14.0. The van der Waals surface area contributed by atoms with Gasteiger partial charge in [-0.05, 0) is 66.4 Å². The van der Waals surface area contributed by atoms with Crippen molar-refractivity contribution in [2.24, 2.45) is 9.98 Å². The van der Waals surface area contributed by atoms with Gasteiger partial charge in [-0.1, -0.05) is 92.2 Å². The van der Waals surface area contributed by atoms with Crippen molar-refractivity contribution in [3.8, 4) is 5.75 Å². The molecule has 2 aromatic heterocycles. The molecule has 1 N–H and O–H groups in total. The normalized spacial score (nSPS) is 15.9. The highest BCUT2D eigenvalue weighted by atomic mass is 32.2. The zero-order valence-electron chi connectivity index (χ0n) is 30.0. The second kappa shape index (κ2) is 20.1. The average molecular weight is 770 g/mol. The number of H-pyrrole nitrogens is 1. The molecule has 2 unspecified atom stereocenters. The van der Waals surface area contributed by atoms with E-state index in [0.29, 0.717) is 18.8 Å². The number of para-hydroxylation sites is 3. The van der Waals surface area contributed by atoms with Gasteiger partial charge in [-0.3, -0.25) is 14.4 Å². The second-order valence-corrected chi connectivity index (χ2v) is 15.0. The van der Waals surface area contributed by atoms with Crippen LogP contribution in [-0.4, -0.2) is 30.2 Å². The molecule has 4 nitrogen and oxygen atoms in total. The number of benzene rings is 4. The lowest BCUT2D eigenvalue weighted by atomic mass is 10.0. The van der Waals surface area contributed by atoms with Gasteiger partial charge in [0.25, 0.3) is 0 Å². The zero-order chi connectivity index (χ0) is 37.6. The van der Waals surface area contributed by atoms with E-state index in [1.54, 1.807) is 35.2 Å². The Bertz CT molecular complexity index is 2060. The van der Waals surface area contributed by atoms with Crippen LogP contribution in [0.2, 0.25) is 0 Å². The van der Waals surface area contributed by atoms with E-state index < -0.39 is 6.61 Å². The summed E-state index contributed by atoms with van der Waals surface area (Å²) >= 11 is 5.32. The number of thioether (sulfide) groups is 2. The first-order chi connectivity index (χ1) is 26.0. The van der Waals surface area contributed by atoms with Crippen LogP contribution in [0.15, 0.2) is 153 Å². The van der Waals surface area contributed by atoms with Gasteiger partial charge in [0.1, 0.15) is 5.75 Å². The highest BCUT2D eigenvalue weighted by molar-refractivity contribution is 8.00. The Morgan fingerprint density at radius 2 is 1.28 bits per heavy atom. The van der Waals surface area contributed by atoms with Crippen molar-refractivity contribution in [1.82, 2.24) is 4.98 Å². The number of halogens is 3. The summed E-state index contributed by atoms with van der Waals surface area (Å²) in [4.78, 5) is 16.6. The van der Waals surface area contributed by atoms with E-state index in [1.165, 1.54) is 26.6 Å². The van der Waals surface area contributed by atoms with Crippen LogP contribution in [0, 0.1) is 6.92 Å². The summed E-state index contributed by atoms with van der Waals surface area (Å²) in [5.41, 5.74) is 8.43. The van der Waals surface area contributed by atoms with Crippen molar-refractivity contribution < 1.29 is 17.9 Å². The van der Waals surface area contributed by atoms with Crippen molar-refractivity contribution in [2.45, 2.75) is 60.5 Å². The molecule has 0 aliphatic carbocycles. The number of nitrogens with zero attached hydrogens (tertiary/aromatic N) is 2. The fourth-order valence-electron chi connectivity index (χ4n) is 5.79. The molecule has 0 fully saturated rings. The predicted molar refractivity (Wildman–Crippen MR) is 219 cm³/mol. The second-order valence-electron chi connectivity index (χ2n) is 11.6. The molecule has 0 radical (unpaired) electrons. The zero-order valence-corrected chi connectivity index (χ0v) is 32.5. The SMILES string of the molecule is CC.CF.Cc1ccc(C2CC(c3cccs3)=Nc3ccccc3S2)cc1.FC(F)Oc1ccccc1C1CC(c2ccc[nH]2)=Nc2ccccc2S1. The minimum atomic E-state index is -2.85. The number of hydrogen-bond donors (Lipinski definition) is 1. The molecule has 4 aromatic carbocycles. The smallest absolute Gasteiger partial charge is 0.387 e. The monoisotopic (exact) mass is 769 g/mol. The Kier molecular flexibility index (Phi) is 15.0. The molecule has 0 saturated carbocycles. The van der Waals surface area contributed by atoms with Crippen LogP contribution in [0.4, 0.5) is 24.5 Å². The Morgan fingerprint density at radius 1 is 0.679 bits per heavy atom. The first-order valence-electron chi connectivity index (χ1n) is 17.3. The van der Waals surface area contributed by atoms with Crippen molar-refractivity contribution >= 4 is 57.7 Å². The molecule has 274 valence electrons. The maximum atomic E-state index is 12.8. The summed E-state index contributed by atoms with van der Waals surface area (Å²) in [5.74, 6) is 0.213. The standard InChI is InChI=1S/C20H16F2N2OS.C20H17NS2.C2H6.CH3F/c21-20(22)25-17-9-3-1-6-13(17)19-12-16(14-8-5-11-23-14)24-15-7-2-4-10-18(15)26-19;1-14-8-10-15(11-9-14)20-13-17(18-7-4-12-22-18)21-16-5-2-3-6-19(16)23-20;2*1-2/h1-11,19-20,23H,12H2;2-12,20H,13H2,1H3;1-2H3;1H3. The van der Waals surface area contributed by atoms with E-state index in [9.17, 15) is 13.2 Å². The summed E-state index contributed by atoms with van der Waals surface area (Å²) in [6.45, 7) is 3.29. The number of aromatic nitrogens is 1. The van der Waals surface area contributed by atoms with Gasteiger partial charge in [-0.2, -0.15) is 8.78 Å². The number of aryl methyl sites for hydroxylation is 1. The Hall–Kier alpha value is -4.51. The number of fused-ring (bicyclic) bond motifs is 2. The first-order valence-corrected chi connectivity index (χ1v) is 20.0. The molecular formula is C43H42F3N3OS3. The van der Waals surface area contributed by atoms with Gasteiger partial charge in [0.05, 0.1) is 35.7 Å². The number of nitrogens with one attached hydrogen (secondary N) is 1. The van der Waals surface area contributed by atoms with Crippen LogP contribution in [0.1, 0.15) is 64.5 Å². The van der Waals surface area contributed by atoms with Crippen molar-refractivity contribution in [1.29, 1.82) is 0 Å². The summed E-state index contributed by atoms with van der Waals surface area (Å²) in [6.07, 6.45) is 3.41. The maximum absolute atomic E-state index is 12.8. The van der Waals surface area contributed by atoms with E-state index in [-0.39, 0.29) is 11.0 Å². The van der Waals surface area contributed by atoms with E-state index in [0.717, 1.165) is 39.7 Å². The third kappa shape index (κ3) is 10.6. The number of thiophene rings is 1. The highest BCUT2D eigenvalue weighted by Crippen LogP contribution is 2.48. The van der Waals surface area contributed by atoms with Gasteiger partial charge >= 0.3 is 6.61 Å². The van der Waals surface area contributed by atoms with Gasteiger partial charge < -0.3 is 9.72 Å². The number of ether oxygens (including phenoxy) is 1. The fourth-order valence-corrected chi connectivity index (χ4v) is 9.01. The van der Waals surface area contributed by atoms with Crippen molar-refractivity contribution in [3.05, 3.63) is 160 Å². The minimum absolute atomic E-state index is 0.0874. The highest BCUT2D eigenvalue weighted by Gasteiger charge is 2.26. The Morgan fingerprint density at radius 3 is 1.91 bits per heavy atom. The summed E-state index contributed by atoms with van der Waals surface area (Å²) in [6, 6.07) is 40.4. The molecule has 6 aromatic rings. The molecular weight excluding hydrogens is 728 g/mol. The van der Waals surface area contributed by atoms with Crippen LogP contribution < -0.4 is 4.74 Å². The van der Waals surface area contributed by atoms with Crippen LogP contribution in [-0.2, 0) is 0 Å². The van der Waals surface area contributed by atoms with E-state index >= 15 is 0 Å². The van der Waals surface area contributed by atoms with Crippen LogP contribution >= 0.6 is 34.9 Å². The molecule has 0 bridgehead atoms. The number of hydrogen-bond acceptors (Lipinski definition) is 6. The van der Waals surface area contributed by atoms with E-state index in [4.69, 9.17) is 14.7 Å².